The molecule has 0 aliphatic heterocycles. The van der Waals surface area contributed by atoms with Gasteiger partial charge in [-0.3, -0.25) is 0 Å². The van der Waals surface area contributed by atoms with Crippen molar-refractivity contribution in [1.82, 2.24) is 4.57 Å². The number of hydrogen-bond donors (Lipinski definition) is 0. The zero-order chi connectivity index (χ0) is 27.6. The molecule has 7 rings (SSSR count). The summed E-state index contributed by atoms with van der Waals surface area (Å²) in [6.07, 6.45) is 21.0. The highest BCUT2D eigenvalue weighted by atomic mass is 15.0. The minimum Gasteiger partial charge on any atom is -0.309 e. The Kier molecular flexibility index (Phi) is 6.70. The standard InChI is InChI=1S/C40H33N/c1-29-12-8-10-14-35(29)36-15-11-9-13-33(36)28-30-20-22-31(23-21-30)32-24-26-34(27-25-32)41-39-18-6-2-4-16-37(39)38-17-5-3-7-19-40(38)41/h4-27H,2-3,28H2,1H3. The molecule has 0 bridgehead atoms. The zero-order valence-electron chi connectivity index (χ0n) is 23.4. The normalized spacial score (nSPS) is 13.5. The van der Waals surface area contributed by atoms with Gasteiger partial charge in [0.1, 0.15) is 0 Å². The molecule has 4 aromatic carbocycles. The summed E-state index contributed by atoms with van der Waals surface area (Å²) >= 11 is 0. The van der Waals surface area contributed by atoms with Gasteiger partial charge in [-0.1, -0.05) is 121 Å². The SMILES string of the molecule is Cc1ccccc1-c1ccccc1Cc1ccc(-c2ccc(-n3c4c(c5c3C=CCC=C5)C=CCC=C4)cc2)cc1. The molecule has 0 saturated heterocycles. The monoisotopic (exact) mass is 527 g/mol. The molecule has 1 heterocycles. The Morgan fingerprint density at radius 3 is 1.71 bits per heavy atom. The summed E-state index contributed by atoms with van der Waals surface area (Å²) in [6, 6.07) is 35.5. The van der Waals surface area contributed by atoms with Crippen LogP contribution >= 0.6 is 0 Å². The summed E-state index contributed by atoms with van der Waals surface area (Å²) in [5.41, 5.74) is 15.4. The van der Waals surface area contributed by atoms with Gasteiger partial charge in [0.25, 0.3) is 0 Å². The third-order valence-electron chi connectivity index (χ3n) is 8.25. The summed E-state index contributed by atoms with van der Waals surface area (Å²) in [6.45, 7) is 2.19. The van der Waals surface area contributed by atoms with Gasteiger partial charge in [0.2, 0.25) is 0 Å². The van der Waals surface area contributed by atoms with Gasteiger partial charge in [0, 0.05) is 16.8 Å². The lowest BCUT2D eigenvalue weighted by molar-refractivity contribution is 1.04. The molecule has 0 unspecified atom stereocenters. The largest absolute Gasteiger partial charge is 0.309 e. The fourth-order valence-electron chi connectivity index (χ4n) is 6.14. The quantitative estimate of drug-likeness (QED) is 0.214. The van der Waals surface area contributed by atoms with Gasteiger partial charge in [-0.15, -0.1) is 0 Å². The number of fused-ring (bicyclic) bond motifs is 3. The molecule has 5 aromatic rings. The predicted molar refractivity (Wildman–Crippen MR) is 176 cm³/mol. The molecule has 0 N–H and O–H groups in total. The molecule has 2 aliphatic rings. The second-order valence-corrected chi connectivity index (χ2v) is 10.9. The van der Waals surface area contributed by atoms with Gasteiger partial charge in [-0.25, -0.2) is 0 Å². The molecule has 1 aromatic heterocycles. The van der Waals surface area contributed by atoms with Gasteiger partial charge in [0.15, 0.2) is 0 Å². The number of nitrogens with zero attached hydrogens (tertiary/aromatic N) is 1. The van der Waals surface area contributed by atoms with Crippen LogP contribution in [-0.4, -0.2) is 4.57 Å². The first kappa shape index (κ1) is 25.1. The molecule has 0 saturated carbocycles. The Morgan fingerprint density at radius 2 is 1.07 bits per heavy atom. The molecule has 1 nitrogen and oxygen atoms in total. The maximum atomic E-state index is 2.40. The number of aromatic nitrogens is 1. The third kappa shape index (κ3) is 4.85. The van der Waals surface area contributed by atoms with Crippen LogP contribution in [0.3, 0.4) is 0 Å². The Hall–Kier alpha value is -4.88. The molecule has 0 atom stereocenters. The van der Waals surface area contributed by atoms with E-state index in [0.29, 0.717) is 0 Å². The second kappa shape index (κ2) is 10.9. The summed E-state index contributed by atoms with van der Waals surface area (Å²) in [7, 11) is 0. The van der Waals surface area contributed by atoms with Crippen LogP contribution in [-0.2, 0) is 6.42 Å². The van der Waals surface area contributed by atoms with E-state index in [1.807, 2.05) is 0 Å². The summed E-state index contributed by atoms with van der Waals surface area (Å²) < 4.78 is 2.40. The van der Waals surface area contributed by atoms with Crippen LogP contribution in [0.2, 0.25) is 0 Å². The lowest BCUT2D eigenvalue weighted by Crippen LogP contribution is -1.99. The molecule has 41 heavy (non-hydrogen) atoms. The number of rotatable bonds is 5. The summed E-state index contributed by atoms with van der Waals surface area (Å²) in [5.74, 6) is 0. The topological polar surface area (TPSA) is 4.93 Å². The highest BCUT2D eigenvalue weighted by molar-refractivity contribution is 5.83. The number of hydrogen-bond acceptors (Lipinski definition) is 0. The average molecular weight is 528 g/mol. The lowest BCUT2D eigenvalue weighted by atomic mass is 9.92. The van der Waals surface area contributed by atoms with Crippen molar-refractivity contribution in [3.8, 4) is 27.9 Å². The van der Waals surface area contributed by atoms with E-state index in [4.69, 9.17) is 0 Å². The first-order valence-electron chi connectivity index (χ1n) is 14.5. The second-order valence-electron chi connectivity index (χ2n) is 10.9. The van der Waals surface area contributed by atoms with E-state index in [1.54, 1.807) is 0 Å². The zero-order valence-corrected chi connectivity index (χ0v) is 23.4. The first-order valence-corrected chi connectivity index (χ1v) is 14.5. The van der Waals surface area contributed by atoms with Crippen LogP contribution in [0.1, 0.15) is 52.0 Å². The highest BCUT2D eigenvalue weighted by Crippen LogP contribution is 2.35. The number of aryl methyl sites for hydroxylation is 1. The van der Waals surface area contributed by atoms with Crippen molar-refractivity contribution in [2.24, 2.45) is 0 Å². The van der Waals surface area contributed by atoms with E-state index in [1.165, 1.54) is 67.1 Å². The molecule has 0 spiro atoms. The Bertz CT molecular complexity index is 1790. The van der Waals surface area contributed by atoms with Gasteiger partial charge in [-0.2, -0.15) is 0 Å². The molecule has 2 aliphatic carbocycles. The molecular formula is C40H33N. The van der Waals surface area contributed by atoms with Crippen molar-refractivity contribution in [3.05, 3.63) is 161 Å². The van der Waals surface area contributed by atoms with Crippen LogP contribution in [0.4, 0.5) is 0 Å². The first-order chi connectivity index (χ1) is 20.3. The van der Waals surface area contributed by atoms with Gasteiger partial charge < -0.3 is 4.57 Å². The summed E-state index contributed by atoms with van der Waals surface area (Å²) in [5, 5.41) is 0. The van der Waals surface area contributed by atoms with Crippen LogP contribution in [0, 0.1) is 6.92 Å². The maximum absolute atomic E-state index is 2.40. The van der Waals surface area contributed by atoms with E-state index in [0.717, 1.165) is 19.3 Å². The number of benzene rings is 4. The Balaban J connectivity index is 1.17. The molecule has 0 amide bonds. The Labute approximate surface area is 243 Å². The van der Waals surface area contributed by atoms with Gasteiger partial charge in [-0.05, 0) is 89.4 Å². The van der Waals surface area contributed by atoms with Crippen LogP contribution in [0.5, 0.6) is 0 Å². The maximum Gasteiger partial charge on any atom is 0.0537 e. The minimum atomic E-state index is 0.914. The molecule has 0 radical (unpaired) electrons. The van der Waals surface area contributed by atoms with Crippen LogP contribution in [0.15, 0.2) is 121 Å². The number of allylic oxidation sites excluding steroid dienone is 4. The van der Waals surface area contributed by atoms with Gasteiger partial charge in [0.05, 0.1) is 11.4 Å². The molecule has 198 valence electrons. The predicted octanol–water partition coefficient (Wildman–Crippen LogP) is 10.6. The van der Waals surface area contributed by atoms with Crippen molar-refractivity contribution >= 4 is 24.3 Å². The van der Waals surface area contributed by atoms with E-state index in [-0.39, 0.29) is 0 Å². The fourth-order valence-corrected chi connectivity index (χ4v) is 6.14. The molecule has 1 heteroatoms. The smallest absolute Gasteiger partial charge is 0.0537 e. The van der Waals surface area contributed by atoms with Crippen molar-refractivity contribution < 1.29 is 0 Å². The fraction of sp³-hybridized carbons (Fsp3) is 0.100. The van der Waals surface area contributed by atoms with Crippen molar-refractivity contribution in [2.45, 2.75) is 26.2 Å². The highest BCUT2D eigenvalue weighted by Gasteiger charge is 2.19. The van der Waals surface area contributed by atoms with Crippen LogP contribution < -0.4 is 0 Å². The minimum absolute atomic E-state index is 0.914. The third-order valence-corrected chi connectivity index (χ3v) is 8.25. The van der Waals surface area contributed by atoms with Crippen molar-refractivity contribution in [3.63, 3.8) is 0 Å². The van der Waals surface area contributed by atoms with E-state index in [9.17, 15) is 0 Å². The molecule has 0 fully saturated rings. The van der Waals surface area contributed by atoms with E-state index in [2.05, 4.69) is 157 Å². The van der Waals surface area contributed by atoms with Gasteiger partial charge >= 0.3 is 0 Å². The molecular weight excluding hydrogens is 494 g/mol. The van der Waals surface area contributed by atoms with E-state index < -0.39 is 0 Å². The summed E-state index contributed by atoms with van der Waals surface area (Å²) in [4.78, 5) is 0. The average Bonchev–Trinajstić information content (AvgIpc) is 3.23. The Morgan fingerprint density at radius 1 is 0.537 bits per heavy atom. The van der Waals surface area contributed by atoms with Crippen molar-refractivity contribution in [1.29, 1.82) is 0 Å². The van der Waals surface area contributed by atoms with Crippen molar-refractivity contribution in [2.75, 3.05) is 0 Å². The lowest BCUT2D eigenvalue weighted by Gasteiger charge is -2.13. The van der Waals surface area contributed by atoms with Crippen LogP contribution in [0.25, 0.3) is 52.2 Å². The van der Waals surface area contributed by atoms with E-state index >= 15 is 0 Å².